The summed E-state index contributed by atoms with van der Waals surface area (Å²) in [5, 5.41) is 12.4. The molecule has 28 heavy (non-hydrogen) atoms. The summed E-state index contributed by atoms with van der Waals surface area (Å²) >= 11 is 0. The second kappa shape index (κ2) is 6.78. The van der Waals surface area contributed by atoms with E-state index in [1.165, 1.54) is 5.56 Å². The van der Waals surface area contributed by atoms with Crippen molar-refractivity contribution in [3.05, 3.63) is 90.3 Å². The molecule has 0 aliphatic carbocycles. The zero-order chi connectivity index (χ0) is 18.9. The van der Waals surface area contributed by atoms with Crippen LogP contribution >= 0.6 is 0 Å². The predicted molar refractivity (Wildman–Crippen MR) is 112 cm³/mol. The number of aryl methyl sites for hydroxylation is 1. The van der Waals surface area contributed by atoms with Crippen LogP contribution in [0.15, 0.2) is 78.9 Å². The number of fused-ring (bicyclic) bond motifs is 3. The highest BCUT2D eigenvalue weighted by atomic mass is 15.3. The summed E-state index contributed by atoms with van der Waals surface area (Å²) in [7, 11) is 0. The van der Waals surface area contributed by atoms with Crippen molar-refractivity contribution in [1.29, 1.82) is 0 Å². The molecule has 0 atom stereocenters. The molecule has 0 aliphatic rings. The molecule has 1 N–H and O–H groups in total. The molecule has 0 spiro atoms. The van der Waals surface area contributed by atoms with E-state index >= 15 is 0 Å². The van der Waals surface area contributed by atoms with Crippen molar-refractivity contribution in [3.63, 3.8) is 0 Å². The van der Waals surface area contributed by atoms with Gasteiger partial charge in [0.2, 0.25) is 0 Å². The van der Waals surface area contributed by atoms with Crippen LogP contribution in [0.25, 0.3) is 27.9 Å². The third-order valence-corrected chi connectivity index (χ3v) is 4.85. The number of nitrogens with zero attached hydrogens (tertiary/aromatic N) is 4. The molecule has 136 valence electrons. The summed E-state index contributed by atoms with van der Waals surface area (Å²) in [4.78, 5) is 4.87. The molecule has 0 amide bonds. The van der Waals surface area contributed by atoms with Crippen molar-refractivity contribution in [2.45, 2.75) is 13.5 Å². The summed E-state index contributed by atoms with van der Waals surface area (Å²) in [6, 6.07) is 26.6. The van der Waals surface area contributed by atoms with Crippen LogP contribution in [0.1, 0.15) is 11.4 Å². The van der Waals surface area contributed by atoms with E-state index in [0.29, 0.717) is 6.54 Å². The number of aromatic nitrogens is 4. The Labute approximate surface area is 162 Å². The van der Waals surface area contributed by atoms with E-state index < -0.39 is 0 Å². The number of hydrogen-bond donors (Lipinski definition) is 1. The van der Waals surface area contributed by atoms with E-state index in [1.54, 1.807) is 0 Å². The maximum absolute atomic E-state index is 4.87. The van der Waals surface area contributed by atoms with Crippen molar-refractivity contribution in [2.75, 3.05) is 5.32 Å². The maximum atomic E-state index is 4.87. The lowest BCUT2D eigenvalue weighted by Crippen LogP contribution is -2.06. The zero-order valence-corrected chi connectivity index (χ0v) is 15.5. The molecule has 5 rings (SSSR count). The first-order chi connectivity index (χ1) is 13.8. The SMILES string of the molecule is Cc1ccc(NCc2nnc3c(-c4ccccc4)nc4ccccc4n23)cc1. The second-order valence-electron chi connectivity index (χ2n) is 6.81. The van der Waals surface area contributed by atoms with Crippen LogP contribution in [-0.4, -0.2) is 19.6 Å². The average Bonchev–Trinajstić information content (AvgIpc) is 3.18. The highest BCUT2D eigenvalue weighted by Crippen LogP contribution is 2.26. The minimum Gasteiger partial charge on any atom is -0.378 e. The lowest BCUT2D eigenvalue weighted by molar-refractivity contribution is 0.930. The number of rotatable bonds is 4. The van der Waals surface area contributed by atoms with Crippen molar-refractivity contribution >= 4 is 22.4 Å². The number of nitrogens with one attached hydrogen (secondary N) is 1. The number of benzene rings is 3. The minimum absolute atomic E-state index is 0.576. The molecule has 0 saturated heterocycles. The standard InChI is InChI=1S/C23H19N5/c1-16-11-13-18(14-12-16)24-15-21-26-27-23-22(17-7-3-2-4-8-17)25-19-9-5-6-10-20(19)28(21)23/h2-14,24H,15H2,1H3. The van der Waals surface area contributed by atoms with E-state index in [1.807, 2.05) is 36.4 Å². The fourth-order valence-corrected chi connectivity index (χ4v) is 3.40. The minimum atomic E-state index is 0.576. The molecule has 0 bridgehead atoms. The molecular formula is C23H19N5. The Morgan fingerprint density at radius 2 is 1.57 bits per heavy atom. The normalized spacial score (nSPS) is 11.2. The molecule has 0 unspecified atom stereocenters. The van der Waals surface area contributed by atoms with Gasteiger partial charge in [0, 0.05) is 11.3 Å². The van der Waals surface area contributed by atoms with Gasteiger partial charge in [-0.15, -0.1) is 10.2 Å². The quantitative estimate of drug-likeness (QED) is 0.494. The Morgan fingerprint density at radius 3 is 2.39 bits per heavy atom. The average molecular weight is 365 g/mol. The monoisotopic (exact) mass is 365 g/mol. The first-order valence-electron chi connectivity index (χ1n) is 9.28. The number of para-hydroxylation sites is 2. The van der Waals surface area contributed by atoms with Crippen molar-refractivity contribution in [2.24, 2.45) is 0 Å². The molecule has 0 radical (unpaired) electrons. The van der Waals surface area contributed by atoms with Crippen LogP contribution in [0.2, 0.25) is 0 Å². The van der Waals surface area contributed by atoms with Crippen LogP contribution in [0, 0.1) is 6.92 Å². The molecular weight excluding hydrogens is 346 g/mol. The van der Waals surface area contributed by atoms with Crippen molar-refractivity contribution in [1.82, 2.24) is 19.6 Å². The Kier molecular flexibility index (Phi) is 3.98. The fourth-order valence-electron chi connectivity index (χ4n) is 3.40. The van der Waals surface area contributed by atoms with Crippen LogP contribution in [0.4, 0.5) is 5.69 Å². The molecule has 5 heteroatoms. The van der Waals surface area contributed by atoms with Gasteiger partial charge in [0.1, 0.15) is 5.69 Å². The molecule has 2 heterocycles. The van der Waals surface area contributed by atoms with Gasteiger partial charge >= 0.3 is 0 Å². The first kappa shape index (κ1) is 16.4. The maximum Gasteiger partial charge on any atom is 0.187 e. The summed E-state index contributed by atoms with van der Waals surface area (Å²) in [5.41, 5.74) is 6.86. The predicted octanol–water partition coefficient (Wildman–Crippen LogP) is 4.87. The zero-order valence-electron chi connectivity index (χ0n) is 15.5. The third-order valence-electron chi connectivity index (χ3n) is 4.85. The van der Waals surface area contributed by atoms with Gasteiger partial charge in [0.15, 0.2) is 11.5 Å². The highest BCUT2D eigenvalue weighted by Gasteiger charge is 2.15. The van der Waals surface area contributed by atoms with Crippen LogP contribution in [0.5, 0.6) is 0 Å². The van der Waals surface area contributed by atoms with Gasteiger partial charge in [-0.2, -0.15) is 0 Å². The van der Waals surface area contributed by atoms with Crippen molar-refractivity contribution < 1.29 is 0 Å². The van der Waals surface area contributed by atoms with E-state index in [9.17, 15) is 0 Å². The van der Waals surface area contributed by atoms with Gasteiger partial charge in [-0.25, -0.2) is 4.98 Å². The Balaban J connectivity index is 1.64. The highest BCUT2D eigenvalue weighted by molar-refractivity contribution is 5.85. The van der Waals surface area contributed by atoms with Gasteiger partial charge in [-0.3, -0.25) is 4.40 Å². The van der Waals surface area contributed by atoms with E-state index in [4.69, 9.17) is 4.98 Å². The summed E-state index contributed by atoms with van der Waals surface area (Å²) in [5.74, 6) is 0.853. The first-order valence-corrected chi connectivity index (χ1v) is 9.28. The van der Waals surface area contributed by atoms with Crippen LogP contribution in [-0.2, 0) is 6.54 Å². The van der Waals surface area contributed by atoms with Crippen LogP contribution < -0.4 is 5.32 Å². The Morgan fingerprint density at radius 1 is 0.821 bits per heavy atom. The topological polar surface area (TPSA) is 55.1 Å². The molecule has 3 aromatic carbocycles. The molecule has 5 aromatic rings. The molecule has 2 aromatic heterocycles. The van der Waals surface area contributed by atoms with Crippen molar-refractivity contribution in [3.8, 4) is 11.3 Å². The van der Waals surface area contributed by atoms with Gasteiger partial charge in [0.25, 0.3) is 0 Å². The number of hydrogen-bond acceptors (Lipinski definition) is 4. The number of anilines is 1. The molecule has 0 fully saturated rings. The molecule has 0 saturated carbocycles. The van der Waals surface area contributed by atoms with E-state index in [0.717, 1.165) is 39.4 Å². The Hall–Kier alpha value is -3.73. The fraction of sp³-hybridized carbons (Fsp3) is 0.0870. The summed E-state index contributed by atoms with van der Waals surface area (Å²) in [6.07, 6.45) is 0. The largest absolute Gasteiger partial charge is 0.378 e. The lowest BCUT2D eigenvalue weighted by Gasteiger charge is -2.10. The summed E-state index contributed by atoms with van der Waals surface area (Å²) in [6.45, 7) is 2.66. The molecule has 5 nitrogen and oxygen atoms in total. The second-order valence-corrected chi connectivity index (χ2v) is 6.81. The van der Waals surface area contributed by atoms with Gasteiger partial charge < -0.3 is 5.32 Å². The van der Waals surface area contributed by atoms with E-state index in [-0.39, 0.29) is 0 Å². The lowest BCUT2D eigenvalue weighted by atomic mass is 10.1. The summed E-state index contributed by atoms with van der Waals surface area (Å²) < 4.78 is 2.10. The van der Waals surface area contributed by atoms with E-state index in [2.05, 4.69) is 69.3 Å². The molecule has 0 aliphatic heterocycles. The third kappa shape index (κ3) is 2.87. The van der Waals surface area contributed by atoms with Gasteiger partial charge in [-0.05, 0) is 31.2 Å². The van der Waals surface area contributed by atoms with Crippen LogP contribution in [0.3, 0.4) is 0 Å². The van der Waals surface area contributed by atoms with Gasteiger partial charge in [0.05, 0.1) is 17.6 Å². The van der Waals surface area contributed by atoms with Gasteiger partial charge in [-0.1, -0.05) is 60.2 Å². The smallest absolute Gasteiger partial charge is 0.187 e. The Bertz CT molecular complexity index is 1260.